The van der Waals surface area contributed by atoms with E-state index in [-0.39, 0.29) is 5.91 Å². The van der Waals surface area contributed by atoms with E-state index in [4.69, 9.17) is 0 Å². The van der Waals surface area contributed by atoms with Gasteiger partial charge in [0.05, 0.1) is 11.2 Å². The quantitative estimate of drug-likeness (QED) is 0.644. The molecule has 3 rings (SSSR count). The van der Waals surface area contributed by atoms with Gasteiger partial charge >= 0.3 is 0 Å². The third-order valence-electron chi connectivity index (χ3n) is 3.86. The Morgan fingerprint density at radius 2 is 1.92 bits per heavy atom. The van der Waals surface area contributed by atoms with Crippen molar-refractivity contribution >= 4 is 28.3 Å². The van der Waals surface area contributed by atoms with Crippen molar-refractivity contribution in [2.75, 3.05) is 11.9 Å². The molecular formula is C19H21N5O. The van der Waals surface area contributed by atoms with Gasteiger partial charge in [0.25, 0.3) is 5.91 Å². The first-order chi connectivity index (χ1) is 12.3. The molecule has 6 nitrogen and oxygen atoms in total. The van der Waals surface area contributed by atoms with Gasteiger partial charge in [-0.1, -0.05) is 38.0 Å². The molecule has 0 aliphatic carbocycles. The van der Waals surface area contributed by atoms with Crippen molar-refractivity contribution in [3.05, 3.63) is 54.4 Å². The number of hydrogen-bond donors (Lipinski definition) is 2. The summed E-state index contributed by atoms with van der Waals surface area (Å²) in [6, 6.07) is 13.2. The van der Waals surface area contributed by atoms with Crippen molar-refractivity contribution in [3.8, 4) is 0 Å². The highest BCUT2D eigenvalue weighted by Gasteiger charge is 2.08. The van der Waals surface area contributed by atoms with Crippen molar-refractivity contribution in [1.29, 1.82) is 0 Å². The third kappa shape index (κ3) is 4.29. The van der Waals surface area contributed by atoms with Crippen LogP contribution in [0.4, 0.5) is 11.5 Å². The number of unbranched alkanes of at least 4 members (excludes halogenated alkanes) is 2. The Bertz CT molecular complexity index is 843. The lowest BCUT2D eigenvalue weighted by Crippen LogP contribution is -2.25. The number of anilines is 2. The molecule has 0 spiro atoms. The van der Waals surface area contributed by atoms with E-state index in [0.717, 1.165) is 35.9 Å². The molecular weight excluding hydrogens is 314 g/mol. The molecule has 1 amide bonds. The molecule has 2 N–H and O–H groups in total. The van der Waals surface area contributed by atoms with Crippen LogP contribution in [0.5, 0.6) is 0 Å². The van der Waals surface area contributed by atoms with E-state index in [1.165, 1.54) is 0 Å². The molecule has 0 unspecified atom stereocenters. The first-order valence-corrected chi connectivity index (χ1v) is 8.50. The Kier molecular flexibility index (Phi) is 5.51. The largest absolute Gasteiger partial charge is 0.351 e. The molecule has 0 fully saturated rings. The highest BCUT2D eigenvalue weighted by atomic mass is 16.1. The number of carbonyl (C=O) groups excluding carboxylic acids is 1. The van der Waals surface area contributed by atoms with Gasteiger partial charge in [0, 0.05) is 18.1 Å². The minimum absolute atomic E-state index is 0.193. The van der Waals surface area contributed by atoms with Crippen molar-refractivity contribution in [2.45, 2.75) is 26.2 Å². The number of para-hydroxylation sites is 1. The van der Waals surface area contributed by atoms with E-state index in [2.05, 4.69) is 32.7 Å². The van der Waals surface area contributed by atoms with Gasteiger partial charge in [-0.15, -0.1) is 10.2 Å². The Labute approximate surface area is 146 Å². The first kappa shape index (κ1) is 16.8. The number of fused-ring (bicyclic) bond motifs is 1. The molecule has 25 heavy (non-hydrogen) atoms. The fraction of sp³-hybridized carbons (Fsp3) is 0.263. The number of amides is 1. The maximum Gasteiger partial charge on any atom is 0.271 e. The number of hydrogen-bond acceptors (Lipinski definition) is 5. The summed E-state index contributed by atoms with van der Waals surface area (Å²) in [5.74, 6) is 0.377. The Hall–Kier alpha value is -3.02. The number of benzene rings is 1. The van der Waals surface area contributed by atoms with E-state index >= 15 is 0 Å². The second-order valence-corrected chi connectivity index (χ2v) is 5.77. The minimum atomic E-state index is -0.193. The van der Waals surface area contributed by atoms with Gasteiger partial charge in [-0.2, -0.15) is 0 Å². The van der Waals surface area contributed by atoms with E-state index in [1.807, 2.05) is 30.3 Å². The molecule has 3 aromatic rings. The van der Waals surface area contributed by atoms with Crippen LogP contribution >= 0.6 is 0 Å². The first-order valence-electron chi connectivity index (χ1n) is 8.50. The lowest BCUT2D eigenvalue weighted by atomic mass is 10.2. The molecule has 0 saturated heterocycles. The summed E-state index contributed by atoms with van der Waals surface area (Å²) in [5.41, 5.74) is 2.03. The molecule has 2 heterocycles. The average molecular weight is 335 g/mol. The van der Waals surface area contributed by atoms with E-state index in [1.54, 1.807) is 18.3 Å². The van der Waals surface area contributed by atoms with Crippen LogP contribution in [-0.2, 0) is 0 Å². The number of pyridine rings is 1. The van der Waals surface area contributed by atoms with Crippen LogP contribution in [0.2, 0.25) is 0 Å². The second-order valence-electron chi connectivity index (χ2n) is 5.77. The molecule has 6 heteroatoms. The van der Waals surface area contributed by atoms with Gasteiger partial charge in [0.1, 0.15) is 0 Å². The monoisotopic (exact) mass is 335 g/mol. The van der Waals surface area contributed by atoms with Crippen molar-refractivity contribution in [2.24, 2.45) is 0 Å². The van der Waals surface area contributed by atoms with Crippen LogP contribution in [0.25, 0.3) is 10.9 Å². The fourth-order valence-corrected chi connectivity index (χ4v) is 2.53. The van der Waals surface area contributed by atoms with Gasteiger partial charge in [0.15, 0.2) is 11.5 Å². The minimum Gasteiger partial charge on any atom is -0.351 e. The molecule has 2 aromatic heterocycles. The smallest absolute Gasteiger partial charge is 0.271 e. The highest BCUT2D eigenvalue weighted by Crippen LogP contribution is 2.23. The predicted molar refractivity (Wildman–Crippen MR) is 98.9 cm³/mol. The zero-order valence-electron chi connectivity index (χ0n) is 14.2. The summed E-state index contributed by atoms with van der Waals surface area (Å²) in [4.78, 5) is 16.4. The third-order valence-corrected chi connectivity index (χ3v) is 3.86. The summed E-state index contributed by atoms with van der Waals surface area (Å²) in [6.07, 6.45) is 4.96. The van der Waals surface area contributed by atoms with Gasteiger partial charge in [0.2, 0.25) is 0 Å². The molecule has 1 aromatic carbocycles. The lowest BCUT2D eigenvalue weighted by molar-refractivity contribution is 0.0947. The molecule has 0 bridgehead atoms. The Morgan fingerprint density at radius 3 is 2.72 bits per heavy atom. The molecule has 0 saturated carbocycles. The molecule has 0 aliphatic rings. The normalized spacial score (nSPS) is 10.6. The number of aromatic nitrogens is 3. The number of nitrogens with one attached hydrogen (secondary N) is 2. The van der Waals surface area contributed by atoms with E-state index < -0.39 is 0 Å². The van der Waals surface area contributed by atoms with E-state index in [9.17, 15) is 4.79 Å². The maximum absolute atomic E-state index is 12.0. The topological polar surface area (TPSA) is 79.8 Å². The predicted octanol–water partition coefficient (Wildman–Crippen LogP) is 3.69. The van der Waals surface area contributed by atoms with E-state index in [0.29, 0.717) is 18.1 Å². The summed E-state index contributed by atoms with van der Waals surface area (Å²) < 4.78 is 0. The highest BCUT2D eigenvalue weighted by molar-refractivity contribution is 5.93. The van der Waals surface area contributed by atoms with Crippen molar-refractivity contribution < 1.29 is 4.79 Å². The molecule has 0 aliphatic heterocycles. The summed E-state index contributed by atoms with van der Waals surface area (Å²) in [5, 5.41) is 15.2. The van der Waals surface area contributed by atoms with Crippen LogP contribution in [0.3, 0.4) is 0 Å². The Balaban J connectivity index is 1.67. The van der Waals surface area contributed by atoms with Crippen molar-refractivity contribution in [3.63, 3.8) is 0 Å². The number of nitrogens with zero attached hydrogens (tertiary/aromatic N) is 3. The second kappa shape index (κ2) is 8.19. The zero-order valence-corrected chi connectivity index (χ0v) is 14.2. The maximum atomic E-state index is 12.0. The van der Waals surface area contributed by atoms with Gasteiger partial charge in [-0.3, -0.25) is 9.78 Å². The average Bonchev–Trinajstić information content (AvgIpc) is 2.66. The molecule has 0 radical (unpaired) electrons. The molecule has 128 valence electrons. The van der Waals surface area contributed by atoms with Gasteiger partial charge in [-0.25, -0.2) is 0 Å². The summed E-state index contributed by atoms with van der Waals surface area (Å²) in [6.45, 7) is 2.79. The molecule has 0 atom stereocenters. The zero-order chi connectivity index (χ0) is 17.5. The van der Waals surface area contributed by atoms with Crippen LogP contribution in [0.15, 0.2) is 48.7 Å². The van der Waals surface area contributed by atoms with Crippen LogP contribution < -0.4 is 10.6 Å². The fourth-order valence-electron chi connectivity index (χ4n) is 2.53. The standard InChI is InChI=1S/C19H21N5O/c1-2-3-4-12-21-19(25)16-10-11-17(24-23-16)22-15-9-5-7-14-8-6-13-20-18(14)15/h5-11,13H,2-4,12H2,1H3,(H,21,25)(H,22,24). The lowest BCUT2D eigenvalue weighted by Gasteiger charge is -2.08. The van der Waals surface area contributed by atoms with Gasteiger partial charge in [-0.05, 0) is 30.7 Å². The Morgan fingerprint density at radius 1 is 1.04 bits per heavy atom. The summed E-state index contributed by atoms with van der Waals surface area (Å²) >= 11 is 0. The summed E-state index contributed by atoms with van der Waals surface area (Å²) in [7, 11) is 0. The van der Waals surface area contributed by atoms with Crippen LogP contribution in [0, 0.1) is 0 Å². The number of carbonyl (C=O) groups is 1. The van der Waals surface area contributed by atoms with Crippen LogP contribution in [0.1, 0.15) is 36.7 Å². The number of rotatable bonds is 7. The SMILES string of the molecule is CCCCCNC(=O)c1ccc(Nc2cccc3cccnc23)nn1. The van der Waals surface area contributed by atoms with Gasteiger partial charge < -0.3 is 10.6 Å². The van der Waals surface area contributed by atoms with Crippen molar-refractivity contribution in [1.82, 2.24) is 20.5 Å². The van der Waals surface area contributed by atoms with Crippen LogP contribution in [-0.4, -0.2) is 27.6 Å².